The third-order valence-electron chi connectivity index (χ3n) is 4.02. The Hall–Kier alpha value is -3.26. The summed E-state index contributed by atoms with van der Waals surface area (Å²) < 4.78 is 20.1. The summed E-state index contributed by atoms with van der Waals surface area (Å²) in [5.74, 6) is -1.45. The van der Waals surface area contributed by atoms with E-state index < -0.39 is 24.3 Å². The zero-order chi connectivity index (χ0) is 21.0. The minimum Gasteiger partial charge on any atom is -0.451 e. The number of benzene rings is 1. The number of hydrogen-bond donors (Lipinski definition) is 1. The Morgan fingerprint density at radius 1 is 1.21 bits per heavy atom. The topological polar surface area (TPSA) is 86.1 Å². The van der Waals surface area contributed by atoms with Crippen molar-refractivity contribution in [2.75, 3.05) is 6.61 Å². The molecule has 1 aromatic carbocycles. The quantitative estimate of drug-likeness (QED) is 0.624. The third kappa shape index (κ3) is 4.97. The summed E-state index contributed by atoms with van der Waals surface area (Å²) in [6, 6.07) is 11.1. The summed E-state index contributed by atoms with van der Waals surface area (Å²) in [7, 11) is 0. The molecule has 0 radical (unpaired) electrons. The van der Waals surface area contributed by atoms with Crippen molar-refractivity contribution in [1.29, 1.82) is 0 Å². The molecule has 29 heavy (non-hydrogen) atoms. The van der Waals surface area contributed by atoms with E-state index in [-0.39, 0.29) is 17.3 Å². The smallest absolute Gasteiger partial charge is 0.359 e. The molecular formula is C20H18ClFN4O3. The molecule has 2 heterocycles. The number of ether oxygens (including phenoxy) is 1. The van der Waals surface area contributed by atoms with Crippen molar-refractivity contribution in [1.82, 2.24) is 20.1 Å². The van der Waals surface area contributed by atoms with Gasteiger partial charge in [0.2, 0.25) is 0 Å². The van der Waals surface area contributed by atoms with E-state index in [1.165, 1.54) is 12.1 Å². The second-order valence-electron chi connectivity index (χ2n) is 6.28. The number of aryl methyl sites for hydroxylation is 2. The van der Waals surface area contributed by atoms with Gasteiger partial charge in [-0.25, -0.2) is 18.9 Å². The molecule has 0 atom stereocenters. The first-order chi connectivity index (χ1) is 13.8. The van der Waals surface area contributed by atoms with Crippen LogP contribution in [-0.4, -0.2) is 33.2 Å². The summed E-state index contributed by atoms with van der Waals surface area (Å²) >= 11 is 6.06. The molecule has 150 valence electrons. The number of nitrogens with zero attached hydrogens (tertiary/aromatic N) is 3. The molecule has 0 fully saturated rings. The highest BCUT2D eigenvalue weighted by Gasteiger charge is 2.18. The van der Waals surface area contributed by atoms with E-state index in [1.54, 1.807) is 28.9 Å². The molecule has 0 aliphatic rings. The molecule has 0 unspecified atom stereocenters. The van der Waals surface area contributed by atoms with Gasteiger partial charge >= 0.3 is 5.97 Å². The second-order valence-corrected chi connectivity index (χ2v) is 6.69. The lowest BCUT2D eigenvalue weighted by atomic mass is 10.2. The van der Waals surface area contributed by atoms with E-state index in [0.29, 0.717) is 11.4 Å². The highest BCUT2D eigenvalue weighted by molar-refractivity contribution is 6.33. The monoisotopic (exact) mass is 416 g/mol. The van der Waals surface area contributed by atoms with Gasteiger partial charge < -0.3 is 10.1 Å². The molecule has 0 bridgehead atoms. The van der Waals surface area contributed by atoms with Crippen LogP contribution in [0.25, 0.3) is 5.82 Å². The summed E-state index contributed by atoms with van der Waals surface area (Å²) in [5, 5.41) is 6.88. The van der Waals surface area contributed by atoms with E-state index >= 15 is 0 Å². The average Bonchev–Trinajstić information content (AvgIpc) is 3.04. The van der Waals surface area contributed by atoms with E-state index in [4.69, 9.17) is 16.3 Å². The number of carbonyl (C=O) groups is 2. The highest BCUT2D eigenvalue weighted by Crippen LogP contribution is 2.18. The predicted octanol–water partition coefficient (Wildman–Crippen LogP) is 3.15. The molecule has 3 aromatic rings. The molecule has 0 spiro atoms. The highest BCUT2D eigenvalue weighted by atomic mass is 35.5. The molecule has 0 aliphatic heterocycles. The van der Waals surface area contributed by atoms with Crippen LogP contribution < -0.4 is 5.32 Å². The van der Waals surface area contributed by atoms with Crippen LogP contribution in [0.2, 0.25) is 5.02 Å². The summed E-state index contributed by atoms with van der Waals surface area (Å²) in [5.41, 5.74) is 1.84. The zero-order valence-electron chi connectivity index (χ0n) is 15.8. The van der Waals surface area contributed by atoms with Crippen LogP contribution in [0, 0.1) is 19.7 Å². The molecule has 3 rings (SSSR count). The SMILES string of the molecule is Cc1cc(C)n(-c2ccc(Cl)c(C(=O)OCC(=O)NCc3ccccc3F)n2)n1. The number of pyridine rings is 1. The van der Waals surface area contributed by atoms with Gasteiger partial charge in [0.1, 0.15) is 5.82 Å². The maximum absolute atomic E-state index is 13.6. The third-order valence-corrected chi connectivity index (χ3v) is 4.32. The molecule has 0 aliphatic carbocycles. The van der Waals surface area contributed by atoms with Gasteiger partial charge in [-0.3, -0.25) is 4.79 Å². The molecule has 1 amide bonds. The fourth-order valence-corrected chi connectivity index (χ4v) is 2.82. The van der Waals surface area contributed by atoms with Gasteiger partial charge in [0, 0.05) is 17.8 Å². The first-order valence-electron chi connectivity index (χ1n) is 8.72. The molecule has 2 aromatic heterocycles. The zero-order valence-corrected chi connectivity index (χ0v) is 16.5. The van der Waals surface area contributed by atoms with Crippen molar-refractivity contribution in [2.45, 2.75) is 20.4 Å². The number of rotatable bonds is 6. The van der Waals surface area contributed by atoms with Crippen LogP contribution in [0.4, 0.5) is 4.39 Å². The number of carbonyl (C=O) groups excluding carboxylic acids is 2. The fraction of sp³-hybridized carbons (Fsp3) is 0.200. The average molecular weight is 417 g/mol. The van der Waals surface area contributed by atoms with Gasteiger partial charge in [-0.2, -0.15) is 5.10 Å². The maximum Gasteiger partial charge on any atom is 0.359 e. The van der Waals surface area contributed by atoms with Crippen molar-refractivity contribution in [2.24, 2.45) is 0 Å². The lowest BCUT2D eigenvalue weighted by Crippen LogP contribution is -2.29. The molecule has 0 saturated carbocycles. The summed E-state index contributed by atoms with van der Waals surface area (Å²) in [6.07, 6.45) is 0. The largest absolute Gasteiger partial charge is 0.451 e. The van der Waals surface area contributed by atoms with E-state index in [2.05, 4.69) is 15.4 Å². The van der Waals surface area contributed by atoms with Crippen molar-refractivity contribution in [3.05, 3.63) is 75.9 Å². The van der Waals surface area contributed by atoms with Gasteiger partial charge in [0.25, 0.3) is 5.91 Å². The van der Waals surface area contributed by atoms with E-state index in [1.807, 2.05) is 19.9 Å². The molecule has 7 nitrogen and oxygen atoms in total. The molecule has 0 saturated heterocycles. The van der Waals surface area contributed by atoms with Crippen LogP contribution in [-0.2, 0) is 16.1 Å². The minimum atomic E-state index is -0.848. The van der Waals surface area contributed by atoms with Crippen LogP contribution in [0.5, 0.6) is 0 Å². The fourth-order valence-electron chi connectivity index (χ4n) is 2.64. The van der Waals surface area contributed by atoms with Crippen molar-refractivity contribution >= 4 is 23.5 Å². The van der Waals surface area contributed by atoms with Gasteiger partial charge in [-0.05, 0) is 38.1 Å². The Morgan fingerprint density at radius 3 is 2.66 bits per heavy atom. The molecule has 9 heteroatoms. The Morgan fingerprint density at radius 2 is 1.97 bits per heavy atom. The number of hydrogen-bond acceptors (Lipinski definition) is 5. The van der Waals surface area contributed by atoms with Crippen LogP contribution in [0.15, 0.2) is 42.5 Å². The number of aromatic nitrogens is 3. The lowest BCUT2D eigenvalue weighted by Gasteiger charge is -2.09. The Balaban J connectivity index is 1.63. The summed E-state index contributed by atoms with van der Waals surface area (Å²) in [6.45, 7) is 3.13. The van der Waals surface area contributed by atoms with Crippen LogP contribution in [0.3, 0.4) is 0 Å². The van der Waals surface area contributed by atoms with Gasteiger partial charge in [0.05, 0.1) is 10.7 Å². The second kappa shape index (κ2) is 8.83. The van der Waals surface area contributed by atoms with Gasteiger partial charge in [-0.1, -0.05) is 29.8 Å². The van der Waals surface area contributed by atoms with Gasteiger partial charge in [-0.15, -0.1) is 0 Å². The number of halogens is 2. The lowest BCUT2D eigenvalue weighted by molar-refractivity contribution is -0.124. The normalized spacial score (nSPS) is 10.6. The standard InChI is InChI=1S/C20H18ClFN4O3/c1-12-9-13(2)26(25-12)17-8-7-15(21)19(24-17)20(28)29-11-18(27)23-10-14-5-3-4-6-16(14)22/h3-9H,10-11H2,1-2H3,(H,23,27). The van der Waals surface area contributed by atoms with Crippen LogP contribution in [0.1, 0.15) is 27.4 Å². The minimum absolute atomic E-state index is 0.0184. The Labute approximate surface area is 171 Å². The first kappa shape index (κ1) is 20.5. The van der Waals surface area contributed by atoms with Gasteiger partial charge in [0.15, 0.2) is 18.1 Å². The number of esters is 1. The first-order valence-corrected chi connectivity index (χ1v) is 9.10. The predicted molar refractivity (Wildman–Crippen MR) is 104 cm³/mol. The number of nitrogens with one attached hydrogen (secondary N) is 1. The van der Waals surface area contributed by atoms with Crippen molar-refractivity contribution in [3.8, 4) is 5.82 Å². The Bertz CT molecular complexity index is 1070. The Kier molecular flexibility index (Phi) is 6.23. The molecule has 1 N–H and O–H groups in total. The number of amides is 1. The van der Waals surface area contributed by atoms with E-state index in [0.717, 1.165) is 11.4 Å². The van der Waals surface area contributed by atoms with E-state index in [9.17, 15) is 14.0 Å². The van der Waals surface area contributed by atoms with Crippen LogP contribution >= 0.6 is 11.6 Å². The maximum atomic E-state index is 13.6. The molecular weight excluding hydrogens is 399 g/mol. The van der Waals surface area contributed by atoms with Crippen molar-refractivity contribution < 1.29 is 18.7 Å². The van der Waals surface area contributed by atoms with Crippen molar-refractivity contribution in [3.63, 3.8) is 0 Å². The summed E-state index contributed by atoms with van der Waals surface area (Å²) in [4.78, 5) is 28.5.